The van der Waals surface area contributed by atoms with Gasteiger partial charge in [-0.15, -0.1) is 0 Å². The van der Waals surface area contributed by atoms with Crippen LogP contribution in [0.5, 0.6) is 0 Å². The van der Waals surface area contributed by atoms with E-state index in [4.69, 9.17) is 21.4 Å². The molecule has 0 unspecified atom stereocenters. The maximum absolute atomic E-state index is 13.8. The van der Waals surface area contributed by atoms with E-state index in [1.807, 2.05) is 38.1 Å². The van der Waals surface area contributed by atoms with Gasteiger partial charge in [0, 0.05) is 43.7 Å². The smallest absolute Gasteiger partial charge is 0.318 e. The molecule has 2 aromatic rings. The van der Waals surface area contributed by atoms with Gasteiger partial charge in [-0.2, -0.15) is 5.10 Å². The maximum atomic E-state index is 13.8. The van der Waals surface area contributed by atoms with E-state index in [1.165, 1.54) is 11.1 Å². The number of nitrogens with zero attached hydrogens (tertiary/aromatic N) is 4. The summed E-state index contributed by atoms with van der Waals surface area (Å²) in [5.41, 5.74) is 5.20. The van der Waals surface area contributed by atoms with Crippen molar-refractivity contribution in [3.63, 3.8) is 0 Å². The van der Waals surface area contributed by atoms with Crippen LogP contribution >= 0.6 is 11.6 Å². The van der Waals surface area contributed by atoms with Crippen LogP contribution in [0.4, 0.5) is 4.79 Å². The fourth-order valence-electron chi connectivity index (χ4n) is 4.69. The average molecular weight is 540 g/mol. The molecule has 9 heteroatoms. The fraction of sp³-hybridized carbons (Fsp3) is 0.483. The molecular formula is C29H38ClN5O3. The van der Waals surface area contributed by atoms with Crippen molar-refractivity contribution in [3.8, 4) is 0 Å². The normalized spacial score (nSPS) is 18.0. The summed E-state index contributed by atoms with van der Waals surface area (Å²) in [5, 5.41) is 9.95. The second-order valence-electron chi connectivity index (χ2n) is 10.3. The van der Waals surface area contributed by atoms with Crippen LogP contribution in [-0.2, 0) is 9.53 Å². The number of nitrogens with one attached hydrogen (secondary N) is 1. The largest absolute Gasteiger partial charge is 0.379 e. The third-order valence-corrected chi connectivity index (χ3v) is 7.33. The van der Waals surface area contributed by atoms with Gasteiger partial charge >= 0.3 is 6.03 Å². The standard InChI is InChI=1S/C29H38ClN5O3/c1-20(2)31-29(37)34(12-11-33-13-15-38-16-14-33)19-28(36)35-27(23-7-9-25(30)10-8-23)18-26(32-35)24-6-5-21(3)22(4)17-24/h5-10,17,20,27H,11-16,18-19H2,1-4H3,(H,31,37)/t27-/m1/s1. The van der Waals surface area contributed by atoms with Crippen molar-refractivity contribution in [2.75, 3.05) is 45.9 Å². The van der Waals surface area contributed by atoms with Crippen molar-refractivity contribution in [1.29, 1.82) is 0 Å². The summed E-state index contributed by atoms with van der Waals surface area (Å²) in [4.78, 5) is 30.7. The van der Waals surface area contributed by atoms with Gasteiger partial charge in [0.15, 0.2) is 0 Å². The first-order chi connectivity index (χ1) is 18.2. The Labute approximate surface area is 230 Å². The molecule has 2 aromatic carbocycles. The molecule has 38 heavy (non-hydrogen) atoms. The molecule has 204 valence electrons. The molecule has 3 amide bonds. The van der Waals surface area contributed by atoms with Crippen LogP contribution in [0.3, 0.4) is 0 Å². The van der Waals surface area contributed by atoms with E-state index in [-0.39, 0.29) is 30.6 Å². The lowest BCUT2D eigenvalue weighted by atomic mass is 9.96. The first-order valence-electron chi connectivity index (χ1n) is 13.3. The second kappa shape index (κ2) is 12.7. The monoisotopic (exact) mass is 539 g/mol. The molecule has 4 rings (SSSR count). The van der Waals surface area contributed by atoms with Crippen molar-refractivity contribution in [3.05, 3.63) is 69.7 Å². The number of carbonyl (C=O) groups is 2. The summed E-state index contributed by atoms with van der Waals surface area (Å²) < 4.78 is 5.44. The highest BCUT2D eigenvalue weighted by atomic mass is 35.5. The lowest BCUT2D eigenvalue weighted by molar-refractivity contribution is -0.133. The number of rotatable bonds is 8. The first-order valence-corrected chi connectivity index (χ1v) is 13.7. The molecule has 0 bridgehead atoms. The average Bonchev–Trinajstić information content (AvgIpc) is 3.34. The van der Waals surface area contributed by atoms with Crippen LogP contribution in [0.15, 0.2) is 47.6 Å². The Morgan fingerprint density at radius 2 is 1.82 bits per heavy atom. The van der Waals surface area contributed by atoms with Crippen molar-refractivity contribution in [2.24, 2.45) is 5.10 Å². The van der Waals surface area contributed by atoms with Crippen LogP contribution in [0.2, 0.25) is 5.02 Å². The summed E-state index contributed by atoms with van der Waals surface area (Å²) >= 11 is 6.15. The molecule has 1 fully saturated rings. The predicted molar refractivity (Wildman–Crippen MR) is 151 cm³/mol. The first kappa shape index (κ1) is 28.1. The van der Waals surface area contributed by atoms with Gasteiger partial charge in [-0.05, 0) is 68.1 Å². The molecule has 2 heterocycles. The summed E-state index contributed by atoms with van der Waals surface area (Å²) in [5.74, 6) is -0.218. The minimum Gasteiger partial charge on any atom is -0.379 e. The van der Waals surface area contributed by atoms with Crippen LogP contribution in [-0.4, -0.2) is 84.4 Å². The van der Waals surface area contributed by atoms with Gasteiger partial charge in [0.05, 0.1) is 25.0 Å². The molecule has 0 saturated carbocycles. The number of hydrogen-bond acceptors (Lipinski definition) is 5. The van der Waals surface area contributed by atoms with Gasteiger partial charge in [0.1, 0.15) is 6.54 Å². The zero-order valence-corrected chi connectivity index (χ0v) is 23.5. The Balaban J connectivity index is 1.57. The molecule has 0 spiro atoms. The molecule has 0 aromatic heterocycles. The second-order valence-corrected chi connectivity index (χ2v) is 10.8. The van der Waals surface area contributed by atoms with Crippen molar-refractivity contribution < 1.29 is 14.3 Å². The van der Waals surface area contributed by atoms with E-state index in [9.17, 15) is 9.59 Å². The van der Waals surface area contributed by atoms with Gasteiger partial charge in [0.25, 0.3) is 5.91 Å². The number of hydrazone groups is 1. The number of carbonyl (C=O) groups excluding carboxylic acids is 2. The number of hydrogen-bond donors (Lipinski definition) is 1. The van der Waals surface area contributed by atoms with E-state index in [1.54, 1.807) is 9.91 Å². The molecule has 8 nitrogen and oxygen atoms in total. The number of amides is 3. The Bertz CT molecular complexity index is 1160. The minimum absolute atomic E-state index is 0.0357. The molecule has 1 atom stereocenters. The van der Waals surface area contributed by atoms with E-state index in [2.05, 4.69) is 42.3 Å². The maximum Gasteiger partial charge on any atom is 0.318 e. The number of ether oxygens (including phenoxy) is 1. The topological polar surface area (TPSA) is 77.5 Å². The highest BCUT2D eigenvalue weighted by Crippen LogP contribution is 2.34. The molecule has 2 aliphatic heterocycles. The molecule has 1 saturated heterocycles. The Morgan fingerprint density at radius 3 is 2.47 bits per heavy atom. The molecule has 1 N–H and O–H groups in total. The van der Waals surface area contributed by atoms with Gasteiger partial charge in [0.2, 0.25) is 0 Å². The molecular weight excluding hydrogens is 502 g/mol. The lowest BCUT2D eigenvalue weighted by Gasteiger charge is -2.31. The van der Waals surface area contributed by atoms with E-state index in [0.29, 0.717) is 37.7 Å². The van der Waals surface area contributed by atoms with Gasteiger partial charge in [-0.1, -0.05) is 35.9 Å². The third kappa shape index (κ3) is 7.12. The quantitative estimate of drug-likeness (QED) is 0.540. The zero-order chi connectivity index (χ0) is 27.2. The third-order valence-electron chi connectivity index (χ3n) is 7.08. The number of aryl methyl sites for hydroxylation is 2. The molecule has 2 aliphatic rings. The van der Waals surface area contributed by atoms with Gasteiger partial charge in [-0.25, -0.2) is 9.80 Å². The number of benzene rings is 2. The highest BCUT2D eigenvalue weighted by Gasteiger charge is 2.34. The van der Waals surface area contributed by atoms with E-state index >= 15 is 0 Å². The van der Waals surface area contributed by atoms with Crippen molar-refractivity contribution in [1.82, 2.24) is 20.1 Å². The lowest BCUT2D eigenvalue weighted by Crippen LogP contribution is -2.50. The number of halogens is 1. The summed E-state index contributed by atoms with van der Waals surface area (Å²) in [6.45, 7) is 12.1. The highest BCUT2D eigenvalue weighted by molar-refractivity contribution is 6.30. The SMILES string of the molecule is Cc1ccc(C2=NN(C(=O)CN(CCN3CCOCC3)C(=O)NC(C)C)[C@@H](c3ccc(Cl)cc3)C2)cc1C. The van der Waals surface area contributed by atoms with Gasteiger partial charge < -0.3 is 15.0 Å². The van der Waals surface area contributed by atoms with Crippen molar-refractivity contribution in [2.45, 2.75) is 46.2 Å². The predicted octanol–water partition coefficient (Wildman–Crippen LogP) is 4.39. The summed E-state index contributed by atoms with van der Waals surface area (Å²) in [6, 6.07) is 13.2. The Kier molecular flexibility index (Phi) is 9.41. The van der Waals surface area contributed by atoms with E-state index < -0.39 is 0 Å². The summed E-state index contributed by atoms with van der Waals surface area (Å²) in [7, 11) is 0. The van der Waals surface area contributed by atoms with Crippen LogP contribution < -0.4 is 5.32 Å². The van der Waals surface area contributed by atoms with E-state index in [0.717, 1.165) is 29.9 Å². The minimum atomic E-state index is -0.273. The summed E-state index contributed by atoms with van der Waals surface area (Å²) in [6.07, 6.45) is 0.585. The number of urea groups is 1. The van der Waals surface area contributed by atoms with Crippen LogP contribution in [0.1, 0.15) is 48.6 Å². The molecule has 0 radical (unpaired) electrons. The zero-order valence-electron chi connectivity index (χ0n) is 22.7. The van der Waals surface area contributed by atoms with Crippen molar-refractivity contribution >= 4 is 29.3 Å². The Morgan fingerprint density at radius 1 is 1.11 bits per heavy atom. The fourth-order valence-corrected chi connectivity index (χ4v) is 4.82. The Hall–Kier alpha value is -2.94. The van der Waals surface area contributed by atoms with Crippen LogP contribution in [0.25, 0.3) is 0 Å². The van der Waals surface area contributed by atoms with Gasteiger partial charge in [-0.3, -0.25) is 9.69 Å². The molecule has 0 aliphatic carbocycles. The number of morpholine rings is 1. The van der Waals surface area contributed by atoms with Crippen LogP contribution in [0, 0.1) is 13.8 Å².